The third kappa shape index (κ3) is 2.93. The highest BCUT2D eigenvalue weighted by Crippen LogP contribution is 2.34. The van der Waals surface area contributed by atoms with E-state index in [2.05, 4.69) is 42.2 Å². The van der Waals surface area contributed by atoms with Crippen molar-refractivity contribution in [2.75, 3.05) is 26.2 Å². The Balaban J connectivity index is 2.00. The number of likely N-dealkylation sites (tertiary alicyclic amines) is 1. The summed E-state index contributed by atoms with van der Waals surface area (Å²) in [4.78, 5) is 2.60. The van der Waals surface area contributed by atoms with E-state index in [4.69, 9.17) is 5.73 Å². The van der Waals surface area contributed by atoms with Gasteiger partial charge in [-0.2, -0.15) is 0 Å². The normalized spacial score (nSPS) is 19.9. The van der Waals surface area contributed by atoms with Crippen LogP contribution < -0.4 is 5.73 Å². The molecule has 1 heterocycles. The van der Waals surface area contributed by atoms with Crippen molar-refractivity contribution in [1.29, 1.82) is 0 Å². The quantitative estimate of drug-likeness (QED) is 0.865. The van der Waals surface area contributed by atoms with E-state index in [0.717, 1.165) is 6.54 Å². The molecular weight excluding hydrogens is 220 g/mol. The lowest BCUT2D eigenvalue weighted by Gasteiger charge is -2.41. The van der Waals surface area contributed by atoms with Crippen LogP contribution in [-0.2, 0) is 5.41 Å². The molecule has 0 saturated carbocycles. The van der Waals surface area contributed by atoms with Gasteiger partial charge in [-0.15, -0.1) is 0 Å². The second kappa shape index (κ2) is 6.35. The molecule has 18 heavy (non-hydrogen) atoms. The van der Waals surface area contributed by atoms with Crippen molar-refractivity contribution in [3.05, 3.63) is 35.9 Å². The molecule has 1 fully saturated rings. The Morgan fingerprint density at radius 2 is 1.83 bits per heavy atom. The van der Waals surface area contributed by atoms with E-state index < -0.39 is 0 Å². The SMILES string of the molecule is CCCCN1CCC(CN)(c2ccccc2)CC1. The Morgan fingerprint density at radius 3 is 2.39 bits per heavy atom. The van der Waals surface area contributed by atoms with E-state index in [0.29, 0.717) is 0 Å². The van der Waals surface area contributed by atoms with Crippen molar-refractivity contribution in [3.8, 4) is 0 Å². The maximum absolute atomic E-state index is 6.10. The molecule has 1 aromatic carbocycles. The van der Waals surface area contributed by atoms with E-state index in [1.807, 2.05) is 0 Å². The molecule has 2 N–H and O–H groups in total. The zero-order chi connectivity index (χ0) is 12.8. The zero-order valence-corrected chi connectivity index (χ0v) is 11.6. The Kier molecular flexibility index (Phi) is 4.79. The molecule has 0 bridgehead atoms. The van der Waals surface area contributed by atoms with Crippen LogP contribution in [0.3, 0.4) is 0 Å². The molecule has 1 aliphatic heterocycles. The summed E-state index contributed by atoms with van der Waals surface area (Å²) in [5, 5.41) is 0. The van der Waals surface area contributed by atoms with Crippen LogP contribution >= 0.6 is 0 Å². The van der Waals surface area contributed by atoms with Gasteiger partial charge in [0.1, 0.15) is 0 Å². The van der Waals surface area contributed by atoms with Crippen molar-refractivity contribution >= 4 is 0 Å². The molecule has 0 aliphatic carbocycles. The van der Waals surface area contributed by atoms with Crippen LogP contribution in [0.2, 0.25) is 0 Å². The van der Waals surface area contributed by atoms with Crippen molar-refractivity contribution in [1.82, 2.24) is 4.90 Å². The van der Waals surface area contributed by atoms with Gasteiger partial charge in [0.2, 0.25) is 0 Å². The van der Waals surface area contributed by atoms with Gasteiger partial charge in [0.25, 0.3) is 0 Å². The van der Waals surface area contributed by atoms with Crippen molar-refractivity contribution in [2.45, 2.75) is 38.0 Å². The fraction of sp³-hybridized carbons (Fsp3) is 0.625. The van der Waals surface area contributed by atoms with Gasteiger partial charge in [-0.05, 0) is 44.5 Å². The number of hydrogen-bond donors (Lipinski definition) is 1. The summed E-state index contributed by atoms with van der Waals surface area (Å²) in [6.07, 6.45) is 5.02. The lowest BCUT2D eigenvalue weighted by Crippen LogP contribution is -2.46. The Morgan fingerprint density at radius 1 is 1.17 bits per heavy atom. The molecule has 0 amide bonds. The first-order valence-electron chi connectivity index (χ1n) is 7.29. The third-order valence-corrected chi connectivity index (χ3v) is 4.42. The van der Waals surface area contributed by atoms with Crippen LogP contribution in [-0.4, -0.2) is 31.1 Å². The van der Waals surface area contributed by atoms with E-state index in [1.165, 1.54) is 50.9 Å². The minimum absolute atomic E-state index is 0.226. The van der Waals surface area contributed by atoms with Crippen LogP contribution in [0, 0.1) is 0 Å². The lowest BCUT2D eigenvalue weighted by atomic mass is 9.73. The van der Waals surface area contributed by atoms with Gasteiger partial charge in [0.15, 0.2) is 0 Å². The molecular formula is C16H26N2. The van der Waals surface area contributed by atoms with Crippen LogP contribution in [0.25, 0.3) is 0 Å². The summed E-state index contributed by atoms with van der Waals surface area (Å²) in [5.41, 5.74) is 7.76. The fourth-order valence-electron chi connectivity index (χ4n) is 2.99. The number of nitrogens with zero attached hydrogens (tertiary/aromatic N) is 1. The molecule has 1 aromatic rings. The molecule has 0 atom stereocenters. The largest absolute Gasteiger partial charge is 0.330 e. The van der Waals surface area contributed by atoms with Crippen LogP contribution in [0.1, 0.15) is 38.2 Å². The molecule has 2 heteroatoms. The predicted molar refractivity (Wildman–Crippen MR) is 77.8 cm³/mol. The number of nitrogens with two attached hydrogens (primary N) is 1. The first-order valence-corrected chi connectivity index (χ1v) is 7.29. The molecule has 1 aliphatic rings. The Hall–Kier alpha value is -0.860. The summed E-state index contributed by atoms with van der Waals surface area (Å²) in [6.45, 7) is 6.70. The molecule has 0 radical (unpaired) electrons. The van der Waals surface area contributed by atoms with Gasteiger partial charge >= 0.3 is 0 Å². The van der Waals surface area contributed by atoms with Gasteiger partial charge in [0.05, 0.1) is 0 Å². The molecule has 1 saturated heterocycles. The van der Waals surface area contributed by atoms with Crippen molar-refractivity contribution in [3.63, 3.8) is 0 Å². The molecule has 2 rings (SSSR count). The highest BCUT2D eigenvalue weighted by molar-refractivity contribution is 5.26. The molecule has 2 nitrogen and oxygen atoms in total. The van der Waals surface area contributed by atoms with E-state index in [1.54, 1.807) is 0 Å². The van der Waals surface area contributed by atoms with Crippen LogP contribution in [0.15, 0.2) is 30.3 Å². The van der Waals surface area contributed by atoms with Crippen LogP contribution in [0.4, 0.5) is 0 Å². The Labute approximate surface area is 111 Å². The minimum Gasteiger partial charge on any atom is -0.330 e. The number of benzene rings is 1. The van der Waals surface area contributed by atoms with Crippen LogP contribution in [0.5, 0.6) is 0 Å². The lowest BCUT2D eigenvalue weighted by molar-refractivity contribution is 0.160. The first-order chi connectivity index (χ1) is 8.80. The average Bonchev–Trinajstić information content (AvgIpc) is 2.46. The molecule has 100 valence electrons. The minimum atomic E-state index is 0.226. The number of piperidine rings is 1. The summed E-state index contributed by atoms with van der Waals surface area (Å²) in [6, 6.07) is 10.8. The predicted octanol–water partition coefficient (Wildman–Crippen LogP) is 2.78. The van der Waals surface area contributed by atoms with Gasteiger partial charge in [-0.1, -0.05) is 43.7 Å². The number of unbranched alkanes of at least 4 members (excludes halogenated alkanes) is 1. The zero-order valence-electron chi connectivity index (χ0n) is 11.6. The number of rotatable bonds is 5. The summed E-state index contributed by atoms with van der Waals surface area (Å²) >= 11 is 0. The molecule has 0 spiro atoms. The maximum atomic E-state index is 6.10. The first kappa shape index (κ1) is 13.6. The summed E-state index contributed by atoms with van der Waals surface area (Å²) in [5.74, 6) is 0. The third-order valence-electron chi connectivity index (χ3n) is 4.42. The summed E-state index contributed by atoms with van der Waals surface area (Å²) in [7, 11) is 0. The highest BCUT2D eigenvalue weighted by atomic mass is 15.1. The number of hydrogen-bond acceptors (Lipinski definition) is 2. The second-order valence-corrected chi connectivity index (χ2v) is 5.55. The molecule has 0 unspecified atom stereocenters. The van der Waals surface area contributed by atoms with Crippen molar-refractivity contribution in [2.24, 2.45) is 5.73 Å². The fourth-order valence-corrected chi connectivity index (χ4v) is 2.99. The van der Waals surface area contributed by atoms with Gasteiger partial charge in [-0.25, -0.2) is 0 Å². The van der Waals surface area contributed by atoms with E-state index >= 15 is 0 Å². The average molecular weight is 246 g/mol. The Bertz CT molecular complexity index is 339. The summed E-state index contributed by atoms with van der Waals surface area (Å²) < 4.78 is 0. The second-order valence-electron chi connectivity index (χ2n) is 5.55. The standard InChI is InChI=1S/C16H26N2/c1-2-3-11-18-12-9-16(14-17,10-13-18)15-7-5-4-6-8-15/h4-8H,2-3,9-14,17H2,1H3. The van der Waals surface area contributed by atoms with Gasteiger partial charge in [-0.3, -0.25) is 0 Å². The van der Waals surface area contributed by atoms with Gasteiger partial charge < -0.3 is 10.6 Å². The van der Waals surface area contributed by atoms with Crippen molar-refractivity contribution < 1.29 is 0 Å². The monoisotopic (exact) mass is 246 g/mol. The van der Waals surface area contributed by atoms with E-state index in [-0.39, 0.29) is 5.41 Å². The highest BCUT2D eigenvalue weighted by Gasteiger charge is 2.34. The maximum Gasteiger partial charge on any atom is 0.00998 e. The molecule has 0 aromatic heterocycles. The van der Waals surface area contributed by atoms with E-state index in [9.17, 15) is 0 Å². The topological polar surface area (TPSA) is 29.3 Å². The smallest absolute Gasteiger partial charge is 0.00998 e. The van der Waals surface area contributed by atoms with Gasteiger partial charge in [0, 0.05) is 12.0 Å².